The Kier molecular flexibility index (Phi) is 4.48. The van der Waals surface area contributed by atoms with E-state index in [0.29, 0.717) is 0 Å². The van der Waals surface area contributed by atoms with Gasteiger partial charge in [-0.25, -0.2) is 9.97 Å². The molecule has 0 unspecified atom stereocenters. The standard InChI is InChI=1S/C22H22N6O/c1-29-18-6-4-5-17(15-18)19-16-25-28-21(8-10-24-22(19)28)27-13-11-26(12-14-27)20-7-2-3-9-23-20/h2-10,15-16H,11-14H2,1H3. The number of nitrogens with zero attached hydrogens (tertiary/aromatic N) is 6. The number of piperazine rings is 1. The summed E-state index contributed by atoms with van der Waals surface area (Å²) >= 11 is 0. The molecule has 1 fully saturated rings. The van der Waals surface area contributed by atoms with Crippen LogP contribution < -0.4 is 14.5 Å². The SMILES string of the molecule is COc1cccc(-c2cnn3c(N4CCN(c5ccccn5)CC4)ccnc23)c1. The van der Waals surface area contributed by atoms with E-state index in [1.54, 1.807) is 7.11 Å². The molecule has 0 radical (unpaired) electrons. The van der Waals surface area contributed by atoms with E-state index in [2.05, 4.69) is 37.0 Å². The Bertz CT molecular complexity index is 1120. The van der Waals surface area contributed by atoms with E-state index in [4.69, 9.17) is 4.74 Å². The molecular weight excluding hydrogens is 364 g/mol. The summed E-state index contributed by atoms with van der Waals surface area (Å²) in [6.07, 6.45) is 5.59. The molecule has 1 aromatic carbocycles. The summed E-state index contributed by atoms with van der Waals surface area (Å²) in [4.78, 5) is 13.8. The van der Waals surface area contributed by atoms with Crippen LogP contribution in [0.4, 0.5) is 11.6 Å². The van der Waals surface area contributed by atoms with E-state index in [9.17, 15) is 0 Å². The highest BCUT2D eigenvalue weighted by atomic mass is 16.5. The fourth-order valence-electron chi connectivity index (χ4n) is 3.82. The van der Waals surface area contributed by atoms with E-state index in [-0.39, 0.29) is 0 Å². The van der Waals surface area contributed by atoms with Crippen molar-refractivity contribution in [2.24, 2.45) is 0 Å². The molecule has 146 valence electrons. The molecule has 0 atom stereocenters. The van der Waals surface area contributed by atoms with E-state index in [0.717, 1.165) is 60.3 Å². The quantitative estimate of drug-likeness (QED) is 0.537. The second-order valence-electron chi connectivity index (χ2n) is 6.99. The molecule has 1 saturated heterocycles. The molecule has 4 aromatic rings. The minimum Gasteiger partial charge on any atom is -0.497 e. The van der Waals surface area contributed by atoms with Gasteiger partial charge in [-0.05, 0) is 35.9 Å². The Morgan fingerprint density at radius 2 is 1.72 bits per heavy atom. The van der Waals surface area contributed by atoms with Crippen LogP contribution in [-0.4, -0.2) is 52.9 Å². The highest BCUT2D eigenvalue weighted by Gasteiger charge is 2.21. The van der Waals surface area contributed by atoms with Crippen molar-refractivity contribution in [2.45, 2.75) is 0 Å². The van der Waals surface area contributed by atoms with Gasteiger partial charge in [0.2, 0.25) is 0 Å². The first-order valence-corrected chi connectivity index (χ1v) is 9.71. The molecule has 0 aliphatic carbocycles. The Hall–Kier alpha value is -3.61. The number of fused-ring (bicyclic) bond motifs is 1. The number of methoxy groups -OCH3 is 1. The number of ether oxygens (including phenoxy) is 1. The van der Waals surface area contributed by atoms with Gasteiger partial charge in [0.15, 0.2) is 5.65 Å². The zero-order chi connectivity index (χ0) is 19.6. The number of hydrogen-bond acceptors (Lipinski definition) is 6. The highest BCUT2D eigenvalue weighted by Crippen LogP contribution is 2.29. The summed E-state index contributed by atoms with van der Waals surface area (Å²) in [5.74, 6) is 2.92. The number of rotatable bonds is 4. The van der Waals surface area contributed by atoms with Crippen molar-refractivity contribution >= 4 is 17.3 Å². The van der Waals surface area contributed by atoms with Gasteiger partial charge in [0.05, 0.1) is 13.3 Å². The minimum absolute atomic E-state index is 0.823. The lowest BCUT2D eigenvalue weighted by atomic mass is 10.1. The van der Waals surface area contributed by atoms with Crippen molar-refractivity contribution in [3.8, 4) is 16.9 Å². The topological polar surface area (TPSA) is 58.8 Å². The van der Waals surface area contributed by atoms with Crippen molar-refractivity contribution in [1.82, 2.24) is 19.6 Å². The smallest absolute Gasteiger partial charge is 0.165 e. The van der Waals surface area contributed by atoms with E-state index in [1.165, 1.54) is 0 Å². The lowest BCUT2D eigenvalue weighted by molar-refractivity contribution is 0.415. The van der Waals surface area contributed by atoms with Gasteiger partial charge in [-0.3, -0.25) is 0 Å². The molecule has 7 nitrogen and oxygen atoms in total. The zero-order valence-corrected chi connectivity index (χ0v) is 16.3. The van der Waals surface area contributed by atoms with Crippen LogP contribution in [0, 0.1) is 0 Å². The first-order chi connectivity index (χ1) is 14.3. The summed E-state index contributed by atoms with van der Waals surface area (Å²) in [6, 6.07) is 16.1. The van der Waals surface area contributed by atoms with E-state index in [1.807, 2.05) is 59.5 Å². The van der Waals surface area contributed by atoms with Crippen LogP contribution in [-0.2, 0) is 0 Å². The summed E-state index contributed by atoms with van der Waals surface area (Å²) in [5.41, 5.74) is 2.89. The van der Waals surface area contributed by atoms with Crippen molar-refractivity contribution in [3.63, 3.8) is 0 Å². The second kappa shape index (κ2) is 7.43. The maximum absolute atomic E-state index is 5.36. The van der Waals surface area contributed by atoms with Gasteiger partial charge in [0, 0.05) is 44.1 Å². The number of pyridine rings is 1. The van der Waals surface area contributed by atoms with Gasteiger partial charge in [-0.1, -0.05) is 18.2 Å². The molecule has 1 aliphatic rings. The van der Waals surface area contributed by atoms with Gasteiger partial charge < -0.3 is 14.5 Å². The first kappa shape index (κ1) is 17.5. The fraction of sp³-hybridized carbons (Fsp3) is 0.227. The molecule has 0 bridgehead atoms. The maximum atomic E-state index is 5.36. The Morgan fingerprint density at radius 3 is 2.52 bits per heavy atom. The van der Waals surface area contributed by atoms with Crippen LogP contribution in [0.5, 0.6) is 5.75 Å². The minimum atomic E-state index is 0.823. The molecule has 4 heterocycles. The Morgan fingerprint density at radius 1 is 0.862 bits per heavy atom. The van der Waals surface area contributed by atoms with Crippen molar-refractivity contribution in [1.29, 1.82) is 0 Å². The third kappa shape index (κ3) is 3.24. The normalized spacial score (nSPS) is 14.4. The molecule has 7 heteroatoms. The van der Waals surface area contributed by atoms with Gasteiger partial charge >= 0.3 is 0 Å². The molecule has 0 N–H and O–H groups in total. The molecule has 5 rings (SSSR count). The summed E-state index contributed by atoms with van der Waals surface area (Å²) < 4.78 is 7.30. The van der Waals surface area contributed by atoms with Crippen LogP contribution in [0.15, 0.2) is 67.1 Å². The van der Waals surface area contributed by atoms with Gasteiger partial charge in [0.25, 0.3) is 0 Å². The van der Waals surface area contributed by atoms with Gasteiger partial charge in [0.1, 0.15) is 17.4 Å². The monoisotopic (exact) mass is 386 g/mol. The van der Waals surface area contributed by atoms with Crippen molar-refractivity contribution in [2.75, 3.05) is 43.1 Å². The van der Waals surface area contributed by atoms with Gasteiger partial charge in [-0.2, -0.15) is 9.61 Å². The lowest BCUT2D eigenvalue weighted by Crippen LogP contribution is -2.47. The number of anilines is 2. The third-order valence-electron chi connectivity index (χ3n) is 5.34. The Labute approximate surface area is 169 Å². The molecular formula is C22H22N6O. The third-order valence-corrected chi connectivity index (χ3v) is 5.34. The first-order valence-electron chi connectivity index (χ1n) is 9.71. The van der Waals surface area contributed by atoms with Crippen LogP contribution in [0.3, 0.4) is 0 Å². The molecule has 0 amide bonds. The summed E-state index contributed by atoms with van der Waals surface area (Å²) in [5, 5.41) is 4.65. The highest BCUT2D eigenvalue weighted by molar-refractivity contribution is 5.78. The summed E-state index contributed by atoms with van der Waals surface area (Å²) in [7, 11) is 1.68. The number of hydrogen-bond donors (Lipinski definition) is 0. The van der Waals surface area contributed by atoms with Crippen LogP contribution in [0.25, 0.3) is 16.8 Å². The molecule has 3 aromatic heterocycles. The Balaban J connectivity index is 1.43. The molecule has 29 heavy (non-hydrogen) atoms. The van der Waals surface area contributed by atoms with E-state index >= 15 is 0 Å². The van der Waals surface area contributed by atoms with Crippen LogP contribution >= 0.6 is 0 Å². The fourth-order valence-corrected chi connectivity index (χ4v) is 3.82. The van der Waals surface area contributed by atoms with Gasteiger partial charge in [-0.15, -0.1) is 0 Å². The summed E-state index contributed by atoms with van der Waals surface area (Å²) in [6.45, 7) is 3.66. The van der Waals surface area contributed by atoms with Crippen LogP contribution in [0.2, 0.25) is 0 Å². The second-order valence-corrected chi connectivity index (χ2v) is 6.99. The molecule has 0 saturated carbocycles. The maximum Gasteiger partial charge on any atom is 0.165 e. The zero-order valence-electron chi connectivity index (χ0n) is 16.3. The number of aromatic nitrogens is 4. The average molecular weight is 386 g/mol. The predicted octanol–water partition coefficient (Wildman–Crippen LogP) is 3.13. The molecule has 1 aliphatic heterocycles. The largest absolute Gasteiger partial charge is 0.497 e. The van der Waals surface area contributed by atoms with E-state index < -0.39 is 0 Å². The molecule has 0 spiro atoms. The van der Waals surface area contributed by atoms with Crippen LogP contribution in [0.1, 0.15) is 0 Å². The predicted molar refractivity (Wildman–Crippen MR) is 114 cm³/mol. The van der Waals surface area contributed by atoms with Crippen molar-refractivity contribution < 1.29 is 4.74 Å². The lowest BCUT2D eigenvalue weighted by Gasteiger charge is -2.36. The number of benzene rings is 1. The van der Waals surface area contributed by atoms with Crippen molar-refractivity contribution in [3.05, 3.63) is 67.1 Å². The average Bonchev–Trinajstić information content (AvgIpc) is 3.24.